The van der Waals surface area contributed by atoms with Gasteiger partial charge >= 0.3 is 6.03 Å². The Bertz CT molecular complexity index is 669. The molecule has 1 heterocycles. The number of urea groups is 1. The van der Waals surface area contributed by atoms with E-state index in [4.69, 9.17) is 11.6 Å². The van der Waals surface area contributed by atoms with Crippen LogP contribution in [0, 0.1) is 0 Å². The van der Waals surface area contributed by atoms with E-state index >= 15 is 0 Å². The number of nitrogens with one attached hydrogen (secondary N) is 1. The number of rotatable bonds is 4. The fourth-order valence-electron chi connectivity index (χ4n) is 2.88. The molecule has 2 amide bonds. The van der Waals surface area contributed by atoms with Gasteiger partial charge in [-0.1, -0.05) is 41.9 Å². The second kappa shape index (κ2) is 8.18. The van der Waals surface area contributed by atoms with E-state index in [0.717, 1.165) is 49.9 Å². The van der Waals surface area contributed by atoms with E-state index in [2.05, 4.69) is 16.3 Å². The Morgan fingerprint density at radius 3 is 2.46 bits per heavy atom. The molecule has 0 aliphatic carbocycles. The number of carbonyl (C=O) groups is 1. The molecule has 0 unspecified atom stereocenters. The second-order valence-corrected chi connectivity index (χ2v) is 6.44. The monoisotopic (exact) mass is 343 g/mol. The first-order chi connectivity index (χ1) is 11.7. The molecule has 24 heavy (non-hydrogen) atoms. The maximum Gasteiger partial charge on any atom is 0.321 e. The third-order valence-corrected chi connectivity index (χ3v) is 4.53. The summed E-state index contributed by atoms with van der Waals surface area (Å²) >= 11 is 6.02. The Morgan fingerprint density at radius 2 is 1.75 bits per heavy atom. The fourth-order valence-corrected chi connectivity index (χ4v) is 3.09. The van der Waals surface area contributed by atoms with Gasteiger partial charge in [-0.15, -0.1) is 0 Å². The molecule has 5 heteroatoms. The van der Waals surface area contributed by atoms with Crippen LogP contribution >= 0.6 is 11.6 Å². The van der Waals surface area contributed by atoms with Crippen molar-refractivity contribution in [1.82, 2.24) is 9.80 Å². The summed E-state index contributed by atoms with van der Waals surface area (Å²) in [6.45, 7) is 4.32. The van der Waals surface area contributed by atoms with Crippen LogP contribution in [0.3, 0.4) is 0 Å². The van der Waals surface area contributed by atoms with Crippen molar-refractivity contribution in [3.8, 4) is 0 Å². The predicted octanol–water partition coefficient (Wildman–Crippen LogP) is 3.73. The van der Waals surface area contributed by atoms with Crippen LogP contribution in [0.15, 0.2) is 54.6 Å². The van der Waals surface area contributed by atoms with Gasteiger partial charge in [0.2, 0.25) is 0 Å². The zero-order valence-electron chi connectivity index (χ0n) is 13.6. The molecule has 1 fully saturated rings. The Kier molecular flexibility index (Phi) is 5.72. The SMILES string of the molecule is O=C(Nc1ccccc1)N1CCN(CCc2cccc(Cl)c2)CC1. The molecule has 4 nitrogen and oxygen atoms in total. The first-order valence-electron chi connectivity index (χ1n) is 8.28. The molecule has 1 aliphatic heterocycles. The number of hydrogen-bond donors (Lipinski definition) is 1. The summed E-state index contributed by atoms with van der Waals surface area (Å²) in [5.41, 5.74) is 2.10. The molecule has 1 saturated heterocycles. The van der Waals surface area contributed by atoms with E-state index in [1.165, 1.54) is 5.56 Å². The van der Waals surface area contributed by atoms with E-state index in [-0.39, 0.29) is 6.03 Å². The van der Waals surface area contributed by atoms with Crippen molar-refractivity contribution < 1.29 is 4.79 Å². The maximum absolute atomic E-state index is 12.3. The summed E-state index contributed by atoms with van der Waals surface area (Å²) in [7, 11) is 0. The third-order valence-electron chi connectivity index (χ3n) is 4.29. The molecule has 2 aromatic rings. The van der Waals surface area contributed by atoms with Gasteiger partial charge in [0.05, 0.1) is 0 Å². The number of amides is 2. The van der Waals surface area contributed by atoms with Crippen LogP contribution in [0.25, 0.3) is 0 Å². The summed E-state index contributed by atoms with van der Waals surface area (Å²) < 4.78 is 0. The third kappa shape index (κ3) is 4.73. The van der Waals surface area contributed by atoms with Crippen LogP contribution < -0.4 is 5.32 Å². The number of carbonyl (C=O) groups excluding carboxylic acids is 1. The minimum Gasteiger partial charge on any atom is -0.322 e. The van der Waals surface area contributed by atoms with E-state index in [1.807, 2.05) is 53.4 Å². The first-order valence-corrected chi connectivity index (χ1v) is 8.66. The molecule has 1 N–H and O–H groups in total. The quantitative estimate of drug-likeness (QED) is 0.918. The molecular weight excluding hydrogens is 322 g/mol. The predicted molar refractivity (Wildman–Crippen MR) is 98.6 cm³/mol. The molecule has 0 atom stereocenters. The largest absolute Gasteiger partial charge is 0.322 e. The van der Waals surface area contributed by atoms with E-state index in [1.54, 1.807) is 0 Å². The average Bonchev–Trinajstić information content (AvgIpc) is 2.61. The second-order valence-electron chi connectivity index (χ2n) is 6.00. The van der Waals surface area contributed by atoms with Crippen molar-refractivity contribution in [2.45, 2.75) is 6.42 Å². The molecule has 0 radical (unpaired) electrons. The van der Waals surface area contributed by atoms with Gasteiger partial charge in [0, 0.05) is 43.4 Å². The van der Waals surface area contributed by atoms with Gasteiger partial charge in [0.15, 0.2) is 0 Å². The van der Waals surface area contributed by atoms with Gasteiger partial charge in [0.25, 0.3) is 0 Å². The van der Waals surface area contributed by atoms with Crippen molar-refractivity contribution in [2.24, 2.45) is 0 Å². The summed E-state index contributed by atoms with van der Waals surface area (Å²) in [6, 6.07) is 17.6. The van der Waals surface area contributed by atoms with Gasteiger partial charge in [-0.3, -0.25) is 4.90 Å². The molecule has 0 bridgehead atoms. The van der Waals surface area contributed by atoms with Gasteiger partial charge < -0.3 is 10.2 Å². The van der Waals surface area contributed by atoms with Crippen LogP contribution in [0.5, 0.6) is 0 Å². The minimum atomic E-state index is -0.0179. The highest BCUT2D eigenvalue weighted by molar-refractivity contribution is 6.30. The molecule has 1 aliphatic rings. The molecule has 2 aromatic carbocycles. The maximum atomic E-state index is 12.3. The number of benzene rings is 2. The Labute approximate surface area is 148 Å². The van der Waals surface area contributed by atoms with Gasteiger partial charge in [-0.2, -0.15) is 0 Å². The van der Waals surface area contributed by atoms with Crippen molar-refractivity contribution in [1.29, 1.82) is 0 Å². The minimum absolute atomic E-state index is 0.0179. The number of halogens is 1. The van der Waals surface area contributed by atoms with Gasteiger partial charge in [-0.25, -0.2) is 4.79 Å². The lowest BCUT2D eigenvalue weighted by Crippen LogP contribution is -2.50. The van der Waals surface area contributed by atoms with E-state index in [0.29, 0.717) is 0 Å². The zero-order valence-corrected chi connectivity index (χ0v) is 14.4. The van der Waals surface area contributed by atoms with Crippen molar-refractivity contribution in [2.75, 3.05) is 38.0 Å². The van der Waals surface area contributed by atoms with Crippen molar-refractivity contribution in [3.63, 3.8) is 0 Å². The molecule has 0 spiro atoms. The van der Waals surface area contributed by atoms with E-state index < -0.39 is 0 Å². The van der Waals surface area contributed by atoms with Crippen LogP contribution in [0.2, 0.25) is 5.02 Å². The molecule has 0 saturated carbocycles. The highest BCUT2D eigenvalue weighted by Crippen LogP contribution is 2.13. The summed E-state index contributed by atoms with van der Waals surface area (Å²) in [6.07, 6.45) is 0.983. The number of anilines is 1. The molecule has 3 rings (SSSR count). The summed E-state index contributed by atoms with van der Waals surface area (Å²) in [5, 5.41) is 3.73. The number of hydrogen-bond acceptors (Lipinski definition) is 2. The fraction of sp³-hybridized carbons (Fsp3) is 0.316. The molecule has 126 valence electrons. The Morgan fingerprint density at radius 1 is 1.00 bits per heavy atom. The lowest BCUT2D eigenvalue weighted by molar-refractivity contribution is 0.148. The van der Waals surface area contributed by atoms with Gasteiger partial charge in [0.1, 0.15) is 0 Å². The van der Waals surface area contributed by atoms with Crippen molar-refractivity contribution >= 4 is 23.3 Å². The van der Waals surface area contributed by atoms with Crippen molar-refractivity contribution in [3.05, 3.63) is 65.2 Å². The van der Waals surface area contributed by atoms with Crippen LogP contribution in [0.1, 0.15) is 5.56 Å². The molecular formula is C19H22ClN3O. The lowest BCUT2D eigenvalue weighted by Gasteiger charge is -2.34. The summed E-state index contributed by atoms with van der Waals surface area (Å²) in [4.78, 5) is 16.5. The smallest absolute Gasteiger partial charge is 0.321 e. The van der Waals surface area contributed by atoms with Crippen LogP contribution in [-0.2, 0) is 6.42 Å². The average molecular weight is 344 g/mol. The zero-order chi connectivity index (χ0) is 16.8. The Balaban J connectivity index is 1.43. The Hall–Kier alpha value is -2.04. The van der Waals surface area contributed by atoms with Crippen LogP contribution in [-0.4, -0.2) is 48.6 Å². The number of nitrogens with zero attached hydrogens (tertiary/aromatic N) is 2. The first kappa shape index (κ1) is 16.8. The lowest BCUT2D eigenvalue weighted by atomic mass is 10.1. The van der Waals surface area contributed by atoms with Gasteiger partial charge in [-0.05, 0) is 36.2 Å². The molecule has 0 aromatic heterocycles. The highest BCUT2D eigenvalue weighted by Gasteiger charge is 2.20. The standard InChI is InChI=1S/C19H22ClN3O/c20-17-6-4-5-16(15-17)9-10-22-11-13-23(14-12-22)19(24)21-18-7-2-1-3-8-18/h1-8,15H,9-14H2,(H,21,24). The normalized spacial score (nSPS) is 15.3. The van der Waals surface area contributed by atoms with Crippen LogP contribution in [0.4, 0.5) is 10.5 Å². The summed E-state index contributed by atoms with van der Waals surface area (Å²) in [5.74, 6) is 0. The highest BCUT2D eigenvalue weighted by atomic mass is 35.5. The topological polar surface area (TPSA) is 35.6 Å². The number of piperazine rings is 1. The number of para-hydroxylation sites is 1. The van der Waals surface area contributed by atoms with E-state index in [9.17, 15) is 4.79 Å².